The van der Waals surface area contributed by atoms with Crippen LogP contribution in [0.4, 0.5) is 0 Å². The van der Waals surface area contributed by atoms with Crippen molar-refractivity contribution in [3.8, 4) is 0 Å². The van der Waals surface area contributed by atoms with Crippen molar-refractivity contribution in [2.75, 3.05) is 6.54 Å². The molecule has 3 rings (SSSR count). The molecule has 2 unspecified atom stereocenters. The van der Waals surface area contributed by atoms with Crippen LogP contribution < -0.4 is 0 Å². The average molecular weight is 402 g/mol. The highest BCUT2D eigenvalue weighted by atomic mass is 28.4. The Morgan fingerprint density at radius 2 is 1.93 bits per heavy atom. The van der Waals surface area contributed by atoms with Crippen LogP contribution in [0.1, 0.15) is 44.7 Å². The Bertz CT molecular complexity index is 770. The Hall–Kier alpha value is -1.47. The van der Waals surface area contributed by atoms with Crippen molar-refractivity contribution >= 4 is 8.32 Å². The van der Waals surface area contributed by atoms with Crippen molar-refractivity contribution in [3.63, 3.8) is 0 Å². The molecule has 1 aromatic heterocycles. The van der Waals surface area contributed by atoms with E-state index < -0.39 is 14.4 Å². The summed E-state index contributed by atoms with van der Waals surface area (Å²) in [6.07, 6.45) is 3.98. The minimum absolute atomic E-state index is 0.00363. The molecule has 0 saturated carbocycles. The summed E-state index contributed by atoms with van der Waals surface area (Å²) in [7, 11) is 0.0740. The fraction of sp³-hybridized carbons (Fsp3) is 0.591. The van der Waals surface area contributed by atoms with E-state index in [1.165, 1.54) is 5.56 Å². The number of imidazole rings is 1. The second-order valence-electron chi connectivity index (χ2n) is 9.56. The Labute approximate surface area is 170 Å². The third kappa shape index (κ3) is 4.57. The lowest BCUT2D eigenvalue weighted by Gasteiger charge is -2.38. The molecule has 0 amide bonds. The molecule has 2 aromatic rings. The first-order valence-electron chi connectivity index (χ1n) is 10.2. The summed E-state index contributed by atoms with van der Waals surface area (Å²) in [6.45, 7) is 13.1. The largest absolute Gasteiger partial charge is 0.413 e. The predicted molar refractivity (Wildman–Crippen MR) is 115 cm³/mol. The fourth-order valence-electron chi connectivity index (χ4n) is 3.73. The molecule has 1 saturated heterocycles. The van der Waals surface area contributed by atoms with Gasteiger partial charge >= 0.3 is 0 Å². The van der Waals surface area contributed by atoms with Crippen LogP contribution >= 0.6 is 0 Å². The minimum Gasteiger partial charge on any atom is -0.413 e. The van der Waals surface area contributed by atoms with Crippen LogP contribution in [0, 0.1) is 0 Å². The zero-order chi connectivity index (χ0) is 20.5. The monoisotopic (exact) mass is 401 g/mol. The molecule has 1 aliphatic heterocycles. The SMILES string of the molecule is Cn1ccnc1C(O)C1C[C@@H](O[Si](C)(C)C(C)(C)C)CN1Cc1ccccc1. The van der Waals surface area contributed by atoms with Crippen molar-refractivity contribution in [1.29, 1.82) is 0 Å². The first kappa shape index (κ1) is 21.2. The van der Waals surface area contributed by atoms with Crippen LogP contribution in [-0.2, 0) is 18.0 Å². The molecule has 6 heteroatoms. The third-order valence-electron chi connectivity index (χ3n) is 6.39. The normalized spacial score (nSPS) is 22.5. The highest BCUT2D eigenvalue weighted by molar-refractivity contribution is 6.74. The molecule has 1 fully saturated rings. The molecule has 1 N–H and O–H groups in total. The number of hydrogen-bond donors (Lipinski definition) is 1. The molecule has 1 aromatic carbocycles. The molecule has 5 nitrogen and oxygen atoms in total. The van der Waals surface area contributed by atoms with E-state index in [0.717, 1.165) is 25.3 Å². The van der Waals surface area contributed by atoms with Gasteiger partial charge in [0.25, 0.3) is 0 Å². The van der Waals surface area contributed by atoms with Gasteiger partial charge < -0.3 is 14.1 Å². The summed E-state index contributed by atoms with van der Waals surface area (Å²) in [5.74, 6) is 0.719. The number of aryl methyl sites for hydroxylation is 1. The molecule has 2 heterocycles. The predicted octanol–water partition coefficient (Wildman–Crippen LogP) is 4.12. The summed E-state index contributed by atoms with van der Waals surface area (Å²) in [4.78, 5) is 6.76. The Morgan fingerprint density at radius 3 is 2.50 bits per heavy atom. The smallest absolute Gasteiger partial charge is 0.192 e. The number of aromatic nitrogens is 2. The van der Waals surface area contributed by atoms with Gasteiger partial charge in [0.2, 0.25) is 0 Å². The van der Waals surface area contributed by atoms with E-state index in [9.17, 15) is 5.11 Å². The van der Waals surface area contributed by atoms with Gasteiger partial charge in [-0.1, -0.05) is 51.1 Å². The molecule has 0 radical (unpaired) electrons. The zero-order valence-electron chi connectivity index (χ0n) is 18.1. The van der Waals surface area contributed by atoms with Gasteiger partial charge in [-0.05, 0) is 30.1 Å². The number of benzene rings is 1. The zero-order valence-corrected chi connectivity index (χ0v) is 19.1. The van der Waals surface area contributed by atoms with Crippen molar-refractivity contribution in [2.24, 2.45) is 7.05 Å². The quantitative estimate of drug-likeness (QED) is 0.740. The molecule has 154 valence electrons. The first-order chi connectivity index (χ1) is 13.1. The van der Waals surface area contributed by atoms with E-state index in [1.807, 2.05) is 23.9 Å². The van der Waals surface area contributed by atoms with Gasteiger partial charge in [0.15, 0.2) is 8.32 Å². The van der Waals surface area contributed by atoms with Crippen LogP contribution in [0.3, 0.4) is 0 Å². The van der Waals surface area contributed by atoms with E-state index in [2.05, 4.69) is 68.0 Å². The second-order valence-corrected chi connectivity index (χ2v) is 14.3. The van der Waals surface area contributed by atoms with Crippen molar-refractivity contribution in [3.05, 3.63) is 54.1 Å². The number of aliphatic hydroxyl groups is 1. The molecule has 28 heavy (non-hydrogen) atoms. The topological polar surface area (TPSA) is 50.5 Å². The second kappa shape index (κ2) is 8.11. The van der Waals surface area contributed by atoms with E-state index in [-0.39, 0.29) is 17.2 Å². The van der Waals surface area contributed by atoms with E-state index in [4.69, 9.17) is 4.43 Å². The summed E-state index contributed by atoms with van der Waals surface area (Å²) in [5, 5.41) is 11.3. The number of nitrogens with zero attached hydrogens (tertiary/aromatic N) is 3. The number of aliphatic hydroxyl groups excluding tert-OH is 1. The number of rotatable bonds is 6. The van der Waals surface area contributed by atoms with Gasteiger partial charge in [-0.25, -0.2) is 4.98 Å². The molecule has 0 aliphatic carbocycles. The molecular weight excluding hydrogens is 366 g/mol. The summed E-state index contributed by atoms with van der Waals surface area (Å²) < 4.78 is 8.63. The van der Waals surface area contributed by atoms with Crippen LogP contribution in [0.25, 0.3) is 0 Å². The van der Waals surface area contributed by atoms with Gasteiger partial charge in [0.05, 0.1) is 6.10 Å². The Kier molecular flexibility index (Phi) is 6.15. The summed E-state index contributed by atoms with van der Waals surface area (Å²) in [5.41, 5.74) is 1.26. The average Bonchev–Trinajstić information content (AvgIpc) is 3.20. The summed E-state index contributed by atoms with van der Waals surface area (Å²) in [6, 6.07) is 10.5. The van der Waals surface area contributed by atoms with Crippen molar-refractivity contribution in [2.45, 2.75) is 70.1 Å². The lowest BCUT2D eigenvalue weighted by atomic mass is 10.1. The van der Waals surface area contributed by atoms with Crippen LogP contribution in [0.2, 0.25) is 18.1 Å². The first-order valence-corrected chi connectivity index (χ1v) is 13.1. The lowest BCUT2D eigenvalue weighted by Crippen LogP contribution is -2.44. The Balaban J connectivity index is 1.81. The maximum atomic E-state index is 11.1. The maximum absolute atomic E-state index is 11.1. The van der Waals surface area contributed by atoms with Gasteiger partial charge in [0, 0.05) is 38.6 Å². The molecule has 1 aliphatic rings. The van der Waals surface area contributed by atoms with Crippen LogP contribution in [0.5, 0.6) is 0 Å². The van der Waals surface area contributed by atoms with Gasteiger partial charge in [-0.3, -0.25) is 4.90 Å². The fourth-order valence-corrected chi connectivity index (χ4v) is 5.09. The molecule has 3 atom stereocenters. The van der Waals surface area contributed by atoms with Crippen molar-refractivity contribution < 1.29 is 9.53 Å². The standard InChI is InChI=1S/C22H35N3O2Si/c1-22(2,3)28(5,6)27-18-14-19(20(26)21-23-12-13-24(21)4)25(16-18)15-17-10-8-7-9-11-17/h7-13,18-20,26H,14-16H2,1-6H3/t18-,19?,20?/m1/s1. The van der Waals surface area contributed by atoms with Crippen LogP contribution in [0.15, 0.2) is 42.7 Å². The third-order valence-corrected chi connectivity index (χ3v) is 10.9. The molecule has 0 spiro atoms. The maximum Gasteiger partial charge on any atom is 0.192 e. The molecular formula is C22H35N3O2Si. The van der Waals surface area contributed by atoms with Gasteiger partial charge in [-0.15, -0.1) is 0 Å². The highest BCUT2D eigenvalue weighted by Crippen LogP contribution is 2.40. The lowest BCUT2D eigenvalue weighted by molar-refractivity contribution is 0.0604. The van der Waals surface area contributed by atoms with Crippen LogP contribution in [-0.4, -0.2) is 46.6 Å². The van der Waals surface area contributed by atoms with E-state index in [0.29, 0.717) is 0 Å². The number of hydrogen-bond acceptors (Lipinski definition) is 4. The number of likely N-dealkylation sites (tertiary alicyclic amines) is 1. The minimum atomic E-state index is -1.86. The Morgan fingerprint density at radius 1 is 1.25 bits per heavy atom. The van der Waals surface area contributed by atoms with Crippen molar-refractivity contribution in [1.82, 2.24) is 14.5 Å². The van der Waals surface area contributed by atoms with E-state index in [1.54, 1.807) is 6.20 Å². The van der Waals surface area contributed by atoms with Gasteiger partial charge in [0.1, 0.15) is 11.9 Å². The van der Waals surface area contributed by atoms with E-state index >= 15 is 0 Å². The molecule has 0 bridgehead atoms. The van der Waals surface area contributed by atoms with Gasteiger partial charge in [-0.2, -0.15) is 0 Å². The summed E-state index contributed by atoms with van der Waals surface area (Å²) >= 11 is 0. The highest BCUT2D eigenvalue weighted by Gasteiger charge is 2.44.